The SMILES string of the molecule is O=C(/C=C/c1ccccc1Cl)NC1CCC(NC(=O)/C=C/c2ccccc2Cl)CC1. The molecule has 2 aromatic carbocycles. The Bertz CT molecular complexity index is 870. The van der Waals surface area contributed by atoms with E-state index in [4.69, 9.17) is 23.2 Å². The second kappa shape index (κ2) is 11.0. The van der Waals surface area contributed by atoms with Gasteiger partial charge in [-0.3, -0.25) is 9.59 Å². The molecule has 0 aliphatic heterocycles. The minimum atomic E-state index is -0.134. The molecule has 0 aromatic heterocycles. The Kier molecular flexibility index (Phi) is 8.12. The molecule has 0 heterocycles. The largest absolute Gasteiger partial charge is 0.350 e. The topological polar surface area (TPSA) is 58.2 Å². The molecule has 0 saturated heterocycles. The van der Waals surface area contributed by atoms with Crippen LogP contribution in [0.1, 0.15) is 36.8 Å². The molecule has 0 bridgehead atoms. The maximum absolute atomic E-state index is 12.2. The molecule has 2 aromatic rings. The van der Waals surface area contributed by atoms with E-state index < -0.39 is 0 Å². The molecular formula is C24H24Cl2N2O2. The second-order valence-corrected chi connectivity index (χ2v) is 8.09. The van der Waals surface area contributed by atoms with Gasteiger partial charge in [0.25, 0.3) is 0 Å². The third-order valence-corrected chi connectivity index (χ3v) is 5.75. The third kappa shape index (κ3) is 6.75. The summed E-state index contributed by atoms with van der Waals surface area (Å²) < 4.78 is 0. The smallest absolute Gasteiger partial charge is 0.244 e. The molecule has 0 spiro atoms. The van der Waals surface area contributed by atoms with Crippen molar-refractivity contribution in [2.75, 3.05) is 0 Å². The van der Waals surface area contributed by atoms with Crippen molar-refractivity contribution >= 4 is 47.2 Å². The van der Waals surface area contributed by atoms with Crippen LogP contribution in [0.3, 0.4) is 0 Å². The summed E-state index contributed by atoms with van der Waals surface area (Å²) in [6.07, 6.45) is 9.75. The first kappa shape index (κ1) is 22.1. The van der Waals surface area contributed by atoms with Crippen LogP contribution >= 0.6 is 23.2 Å². The lowest BCUT2D eigenvalue weighted by Gasteiger charge is -2.29. The molecule has 1 aliphatic rings. The summed E-state index contributed by atoms with van der Waals surface area (Å²) in [5, 5.41) is 7.28. The number of amides is 2. The van der Waals surface area contributed by atoms with Gasteiger partial charge >= 0.3 is 0 Å². The molecular weight excluding hydrogens is 419 g/mol. The van der Waals surface area contributed by atoms with E-state index in [1.165, 1.54) is 12.2 Å². The van der Waals surface area contributed by atoms with Crippen LogP contribution in [-0.4, -0.2) is 23.9 Å². The van der Waals surface area contributed by atoms with E-state index >= 15 is 0 Å². The highest BCUT2D eigenvalue weighted by molar-refractivity contribution is 6.32. The van der Waals surface area contributed by atoms with E-state index in [0.29, 0.717) is 10.0 Å². The lowest BCUT2D eigenvalue weighted by molar-refractivity contribution is -0.118. The van der Waals surface area contributed by atoms with Crippen molar-refractivity contribution in [2.24, 2.45) is 0 Å². The van der Waals surface area contributed by atoms with E-state index in [1.54, 1.807) is 24.3 Å². The zero-order chi connectivity index (χ0) is 21.3. The summed E-state index contributed by atoms with van der Waals surface area (Å²) >= 11 is 12.2. The average Bonchev–Trinajstić information content (AvgIpc) is 2.74. The lowest BCUT2D eigenvalue weighted by atomic mass is 9.91. The zero-order valence-corrected chi connectivity index (χ0v) is 18.0. The van der Waals surface area contributed by atoms with E-state index in [-0.39, 0.29) is 23.9 Å². The normalized spacial score (nSPS) is 19.1. The van der Waals surface area contributed by atoms with E-state index in [2.05, 4.69) is 10.6 Å². The van der Waals surface area contributed by atoms with Gasteiger partial charge in [-0.05, 0) is 61.1 Å². The van der Waals surface area contributed by atoms with Gasteiger partial charge in [0.05, 0.1) is 0 Å². The molecule has 30 heavy (non-hydrogen) atoms. The van der Waals surface area contributed by atoms with Crippen LogP contribution in [0.25, 0.3) is 12.2 Å². The van der Waals surface area contributed by atoms with Gasteiger partial charge in [0.2, 0.25) is 11.8 Å². The van der Waals surface area contributed by atoms with Crippen molar-refractivity contribution < 1.29 is 9.59 Å². The standard InChI is InChI=1S/C24H24Cl2N2O2/c25-21-7-3-1-5-17(21)9-15-23(29)27-19-11-13-20(14-12-19)28-24(30)16-10-18-6-2-4-8-22(18)26/h1-10,15-16,19-20H,11-14H2,(H,27,29)(H,28,30)/b15-9+,16-10+. The van der Waals surface area contributed by atoms with E-state index in [9.17, 15) is 9.59 Å². The Morgan fingerprint density at radius 1 is 0.700 bits per heavy atom. The predicted molar refractivity (Wildman–Crippen MR) is 123 cm³/mol. The van der Waals surface area contributed by atoms with Crippen molar-refractivity contribution in [1.29, 1.82) is 0 Å². The van der Waals surface area contributed by atoms with Crippen molar-refractivity contribution in [3.8, 4) is 0 Å². The minimum absolute atomic E-state index is 0.111. The Hall–Kier alpha value is -2.56. The molecule has 1 saturated carbocycles. The molecule has 2 N–H and O–H groups in total. The monoisotopic (exact) mass is 442 g/mol. The van der Waals surface area contributed by atoms with Crippen LogP contribution < -0.4 is 10.6 Å². The number of hydrogen-bond donors (Lipinski definition) is 2. The highest BCUT2D eigenvalue weighted by Gasteiger charge is 2.22. The van der Waals surface area contributed by atoms with Crippen molar-refractivity contribution in [3.63, 3.8) is 0 Å². The Morgan fingerprint density at radius 2 is 1.07 bits per heavy atom. The second-order valence-electron chi connectivity index (χ2n) is 7.28. The maximum atomic E-state index is 12.2. The van der Waals surface area contributed by atoms with Crippen LogP contribution in [0.5, 0.6) is 0 Å². The van der Waals surface area contributed by atoms with Gasteiger partial charge in [0.15, 0.2) is 0 Å². The average molecular weight is 443 g/mol. The summed E-state index contributed by atoms with van der Waals surface area (Å²) in [5.41, 5.74) is 1.62. The highest BCUT2D eigenvalue weighted by Crippen LogP contribution is 2.20. The number of nitrogens with one attached hydrogen (secondary N) is 2. The fraction of sp³-hybridized carbons (Fsp3) is 0.250. The van der Waals surface area contributed by atoms with Gasteiger partial charge in [-0.15, -0.1) is 0 Å². The summed E-state index contributed by atoms with van der Waals surface area (Å²) in [6, 6.07) is 15.0. The van der Waals surface area contributed by atoms with Gasteiger partial charge in [0.1, 0.15) is 0 Å². The Morgan fingerprint density at radius 3 is 1.43 bits per heavy atom. The molecule has 3 rings (SSSR count). The van der Waals surface area contributed by atoms with Crippen molar-refractivity contribution in [3.05, 3.63) is 81.9 Å². The quantitative estimate of drug-likeness (QED) is 0.599. The molecule has 1 aliphatic carbocycles. The number of halogens is 2. The van der Waals surface area contributed by atoms with Crippen LogP contribution in [0, 0.1) is 0 Å². The Labute approximate surface area is 187 Å². The fourth-order valence-corrected chi connectivity index (χ4v) is 3.83. The maximum Gasteiger partial charge on any atom is 0.244 e. The van der Waals surface area contributed by atoms with Gasteiger partial charge in [-0.25, -0.2) is 0 Å². The zero-order valence-electron chi connectivity index (χ0n) is 16.5. The van der Waals surface area contributed by atoms with Crippen LogP contribution in [0.15, 0.2) is 60.7 Å². The number of carbonyl (C=O) groups is 2. The van der Waals surface area contributed by atoms with Crippen LogP contribution in [0.2, 0.25) is 10.0 Å². The van der Waals surface area contributed by atoms with Crippen LogP contribution in [0.4, 0.5) is 0 Å². The molecule has 6 heteroatoms. The predicted octanol–water partition coefficient (Wildman–Crippen LogP) is 5.26. The first-order valence-corrected chi connectivity index (χ1v) is 10.7. The summed E-state index contributed by atoms with van der Waals surface area (Å²) in [4.78, 5) is 24.3. The summed E-state index contributed by atoms with van der Waals surface area (Å²) in [5.74, 6) is -0.268. The molecule has 156 valence electrons. The number of benzene rings is 2. The highest BCUT2D eigenvalue weighted by atomic mass is 35.5. The number of hydrogen-bond acceptors (Lipinski definition) is 2. The molecule has 1 fully saturated rings. The van der Waals surface area contributed by atoms with Gasteiger partial charge in [-0.2, -0.15) is 0 Å². The summed E-state index contributed by atoms with van der Waals surface area (Å²) in [6.45, 7) is 0. The molecule has 0 unspecified atom stereocenters. The molecule has 0 radical (unpaired) electrons. The fourth-order valence-electron chi connectivity index (χ4n) is 3.43. The van der Waals surface area contributed by atoms with Crippen molar-refractivity contribution in [2.45, 2.75) is 37.8 Å². The van der Waals surface area contributed by atoms with E-state index in [0.717, 1.165) is 36.8 Å². The lowest BCUT2D eigenvalue weighted by Crippen LogP contribution is -2.43. The van der Waals surface area contributed by atoms with Gasteiger partial charge in [-0.1, -0.05) is 59.6 Å². The van der Waals surface area contributed by atoms with Crippen molar-refractivity contribution in [1.82, 2.24) is 10.6 Å². The Balaban J connectivity index is 1.41. The summed E-state index contributed by atoms with van der Waals surface area (Å²) in [7, 11) is 0. The van der Waals surface area contributed by atoms with Crippen LogP contribution in [-0.2, 0) is 9.59 Å². The molecule has 0 atom stereocenters. The first-order chi connectivity index (χ1) is 14.5. The first-order valence-electron chi connectivity index (χ1n) is 9.97. The van der Waals surface area contributed by atoms with Gasteiger partial charge in [0, 0.05) is 34.3 Å². The number of rotatable bonds is 6. The van der Waals surface area contributed by atoms with Gasteiger partial charge < -0.3 is 10.6 Å². The third-order valence-electron chi connectivity index (χ3n) is 5.06. The number of carbonyl (C=O) groups excluding carboxylic acids is 2. The van der Waals surface area contributed by atoms with E-state index in [1.807, 2.05) is 36.4 Å². The molecule has 4 nitrogen and oxygen atoms in total. The molecule has 2 amide bonds. The minimum Gasteiger partial charge on any atom is -0.350 e.